The Morgan fingerprint density at radius 1 is 1.07 bits per heavy atom. The molecule has 2 aromatic carbocycles. The normalized spacial score (nSPS) is 18.5. The number of aliphatic carboxylic acids is 1. The number of nitrogens with zero attached hydrogens (tertiary/aromatic N) is 2. The van der Waals surface area contributed by atoms with Gasteiger partial charge < -0.3 is 15.2 Å². The standard InChI is InChI=1S/C18H15Cl2N3O3.Na/c1-18(16(24)25)10-23(17(26)21-14-8-6-13(20)7-9-14)22-15(18)11-2-4-12(19)5-3-11;/h2-9H,10H2,1H3,(H,21,26)(H,24,25);/q;+1/p-1. The number of benzene rings is 2. The van der Waals surface area contributed by atoms with E-state index in [0.29, 0.717) is 21.3 Å². The topological polar surface area (TPSA) is 84.8 Å². The molecule has 9 heteroatoms. The number of amides is 2. The molecule has 0 radical (unpaired) electrons. The van der Waals surface area contributed by atoms with Crippen molar-refractivity contribution in [2.45, 2.75) is 6.92 Å². The van der Waals surface area contributed by atoms with E-state index < -0.39 is 17.4 Å². The summed E-state index contributed by atoms with van der Waals surface area (Å²) < 4.78 is 0. The third kappa shape index (κ3) is 4.65. The Morgan fingerprint density at radius 3 is 2.11 bits per heavy atom. The molecule has 1 aliphatic heterocycles. The van der Waals surface area contributed by atoms with Gasteiger partial charge in [0, 0.05) is 15.7 Å². The van der Waals surface area contributed by atoms with Crippen LogP contribution in [-0.4, -0.2) is 29.3 Å². The zero-order valence-electron chi connectivity index (χ0n) is 14.7. The van der Waals surface area contributed by atoms with Gasteiger partial charge in [-0.1, -0.05) is 35.3 Å². The number of urea groups is 1. The van der Waals surface area contributed by atoms with Crippen LogP contribution in [0.4, 0.5) is 10.5 Å². The predicted molar refractivity (Wildman–Crippen MR) is 98.3 cm³/mol. The Balaban J connectivity index is 0.00000261. The predicted octanol–water partition coefficient (Wildman–Crippen LogP) is 0.00540. The number of rotatable bonds is 3. The van der Waals surface area contributed by atoms with Gasteiger partial charge in [0.1, 0.15) is 0 Å². The number of hydrazone groups is 1. The van der Waals surface area contributed by atoms with Crippen LogP contribution in [-0.2, 0) is 4.79 Å². The second kappa shape index (κ2) is 8.63. The van der Waals surface area contributed by atoms with Crippen LogP contribution in [0.25, 0.3) is 0 Å². The van der Waals surface area contributed by atoms with E-state index in [2.05, 4.69) is 10.4 Å². The zero-order chi connectivity index (χ0) is 18.9. The third-order valence-corrected chi connectivity index (χ3v) is 4.61. The molecule has 2 amide bonds. The summed E-state index contributed by atoms with van der Waals surface area (Å²) in [7, 11) is 0. The Morgan fingerprint density at radius 2 is 1.59 bits per heavy atom. The number of halogens is 2. The molecule has 1 N–H and O–H groups in total. The number of anilines is 1. The maximum absolute atomic E-state index is 12.5. The Hall–Kier alpha value is -1.57. The van der Waals surface area contributed by atoms with Crippen LogP contribution in [0.2, 0.25) is 10.0 Å². The fourth-order valence-corrected chi connectivity index (χ4v) is 2.88. The molecule has 1 unspecified atom stereocenters. The van der Waals surface area contributed by atoms with Gasteiger partial charge >= 0.3 is 35.6 Å². The van der Waals surface area contributed by atoms with Crippen molar-refractivity contribution in [1.29, 1.82) is 0 Å². The summed E-state index contributed by atoms with van der Waals surface area (Å²) in [5.74, 6) is -1.31. The summed E-state index contributed by atoms with van der Waals surface area (Å²) in [6, 6.07) is 12.6. The molecule has 2 aromatic rings. The molecule has 27 heavy (non-hydrogen) atoms. The molecule has 0 spiro atoms. The maximum Gasteiger partial charge on any atom is 1.00 e. The zero-order valence-corrected chi connectivity index (χ0v) is 18.2. The number of nitrogens with one attached hydrogen (secondary N) is 1. The smallest absolute Gasteiger partial charge is 0.549 e. The van der Waals surface area contributed by atoms with E-state index in [4.69, 9.17) is 23.2 Å². The first-order valence-corrected chi connectivity index (χ1v) is 8.46. The molecule has 0 fully saturated rings. The van der Waals surface area contributed by atoms with Crippen molar-refractivity contribution in [3.05, 3.63) is 64.1 Å². The van der Waals surface area contributed by atoms with Crippen LogP contribution in [0.5, 0.6) is 0 Å². The van der Waals surface area contributed by atoms with Crippen LogP contribution in [0, 0.1) is 5.41 Å². The van der Waals surface area contributed by atoms with E-state index in [0.717, 1.165) is 5.01 Å². The number of carbonyl (C=O) groups excluding carboxylic acids is 2. The van der Waals surface area contributed by atoms with Crippen LogP contribution in [0.15, 0.2) is 53.6 Å². The van der Waals surface area contributed by atoms with Crippen molar-refractivity contribution in [3.8, 4) is 0 Å². The molecule has 1 aliphatic rings. The summed E-state index contributed by atoms with van der Waals surface area (Å²) in [5.41, 5.74) is -0.126. The van der Waals surface area contributed by atoms with Crippen molar-refractivity contribution in [2.24, 2.45) is 10.5 Å². The molecule has 1 atom stereocenters. The fraction of sp³-hybridized carbons (Fsp3) is 0.167. The Bertz CT molecular complexity index is 888. The Kier molecular flexibility index (Phi) is 6.94. The Labute approximate surface area is 188 Å². The minimum atomic E-state index is -1.44. The van der Waals surface area contributed by atoms with Crippen molar-refractivity contribution in [3.63, 3.8) is 0 Å². The molecular formula is C18H14Cl2N3NaO3. The summed E-state index contributed by atoms with van der Waals surface area (Å²) in [6.45, 7) is 1.33. The quantitative estimate of drug-likeness (QED) is 0.719. The van der Waals surface area contributed by atoms with E-state index in [1.165, 1.54) is 6.92 Å². The number of carboxylic acid groups (broad SMARTS) is 1. The fourth-order valence-electron chi connectivity index (χ4n) is 2.62. The van der Waals surface area contributed by atoms with E-state index in [1.54, 1.807) is 48.5 Å². The molecule has 0 bridgehead atoms. The van der Waals surface area contributed by atoms with E-state index >= 15 is 0 Å². The van der Waals surface area contributed by atoms with Crippen LogP contribution in [0.3, 0.4) is 0 Å². The van der Waals surface area contributed by atoms with E-state index in [9.17, 15) is 14.7 Å². The van der Waals surface area contributed by atoms with E-state index in [-0.39, 0.29) is 41.8 Å². The average molecular weight is 414 g/mol. The number of hydrogen-bond donors (Lipinski definition) is 1. The van der Waals surface area contributed by atoms with Crippen molar-refractivity contribution >= 4 is 46.6 Å². The minimum Gasteiger partial charge on any atom is -0.549 e. The van der Waals surface area contributed by atoms with Gasteiger partial charge in [-0.2, -0.15) is 5.10 Å². The van der Waals surface area contributed by atoms with Crippen molar-refractivity contribution in [2.75, 3.05) is 11.9 Å². The molecule has 0 aliphatic carbocycles. The van der Waals surface area contributed by atoms with Gasteiger partial charge in [0.05, 0.1) is 23.6 Å². The minimum absolute atomic E-state index is 0. The first kappa shape index (κ1) is 21.7. The SMILES string of the molecule is CC1(C(=O)[O-])CN(C(=O)Nc2ccc(Cl)cc2)N=C1c1ccc(Cl)cc1.[Na+]. The average Bonchev–Trinajstić information content (AvgIpc) is 2.97. The van der Waals surface area contributed by atoms with Gasteiger partial charge in [0.15, 0.2) is 0 Å². The van der Waals surface area contributed by atoms with Crippen molar-refractivity contribution in [1.82, 2.24) is 5.01 Å². The summed E-state index contributed by atoms with van der Waals surface area (Å²) in [6.07, 6.45) is 0. The van der Waals surface area contributed by atoms with Crippen molar-refractivity contribution < 1.29 is 44.3 Å². The largest absolute Gasteiger partial charge is 1.00 e. The van der Waals surface area contributed by atoms with Crippen LogP contribution < -0.4 is 40.0 Å². The number of carboxylic acids is 1. The van der Waals surface area contributed by atoms with Gasteiger partial charge in [-0.05, 0) is 48.9 Å². The van der Waals surface area contributed by atoms with Gasteiger partial charge in [-0.15, -0.1) is 0 Å². The van der Waals surface area contributed by atoms with Gasteiger partial charge in [0.25, 0.3) is 0 Å². The summed E-state index contributed by atoms with van der Waals surface area (Å²) in [4.78, 5) is 24.2. The molecule has 0 aromatic heterocycles. The first-order chi connectivity index (χ1) is 12.3. The molecule has 6 nitrogen and oxygen atoms in total. The third-order valence-electron chi connectivity index (χ3n) is 4.11. The van der Waals surface area contributed by atoms with Gasteiger partial charge in [0.2, 0.25) is 0 Å². The molecule has 134 valence electrons. The van der Waals surface area contributed by atoms with E-state index in [1.807, 2.05) is 0 Å². The number of carbonyl (C=O) groups is 2. The van der Waals surface area contributed by atoms with Crippen LogP contribution >= 0.6 is 23.2 Å². The monoisotopic (exact) mass is 413 g/mol. The molecule has 1 heterocycles. The maximum atomic E-state index is 12.5. The second-order valence-corrected chi connectivity index (χ2v) is 6.94. The second-order valence-electron chi connectivity index (χ2n) is 6.07. The number of hydrogen-bond acceptors (Lipinski definition) is 4. The summed E-state index contributed by atoms with van der Waals surface area (Å²) in [5, 5.41) is 20.8. The summed E-state index contributed by atoms with van der Waals surface area (Å²) >= 11 is 11.7. The molecule has 3 rings (SSSR count). The first-order valence-electron chi connectivity index (χ1n) is 7.70. The van der Waals surface area contributed by atoms with Gasteiger partial charge in [-0.3, -0.25) is 0 Å². The van der Waals surface area contributed by atoms with Crippen LogP contribution in [0.1, 0.15) is 12.5 Å². The molecule has 0 saturated heterocycles. The van der Waals surface area contributed by atoms with Gasteiger partial charge in [-0.25, -0.2) is 9.80 Å². The molecule has 0 saturated carbocycles. The molecular weight excluding hydrogens is 400 g/mol.